The Morgan fingerprint density at radius 3 is 2.88 bits per heavy atom. The molecule has 4 heteroatoms. The summed E-state index contributed by atoms with van der Waals surface area (Å²) in [7, 11) is 0. The molecule has 2 rings (SSSR count). The first-order valence-corrected chi connectivity index (χ1v) is 6.88. The van der Waals surface area contributed by atoms with E-state index in [0.29, 0.717) is 18.6 Å². The largest absolute Gasteiger partial charge is 0.463 e. The van der Waals surface area contributed by atoms with E-state index in [0.717, 1.165) is 0 Å². The molecule has 0 aromatic heterocycles. The lowest BCUT2D eigenvalue weighted by atomic mass is 9.84. The van der Waals surface area contributed by atoms with E-state index in [9.17, 15) is 4.79 Å². The Bertz CT molecular complexity index is 265. The molecule has 0 aromatic carbocycles. The van der Waals surface area contributed by atoms with Gasteiger partial charge in [0.1, 0.15) is 6.10 Å². The van der Waals surface area contributed by atoms with Gasteiger partial charge < -0.3 is 14.7 Å². The summed E-state index contributed by atoms with van der Waals surface area (Å²) in [6.45, 7) is 4.52. The van der Waals surface area contributed by atoms with Crippen LogP contribution in [0.3, 0.4) is 0 Å². The Hall–Kier alpha value is -0.610. The third kappa shape index (κ3) is 3.19. The number of carbonyl (C=O) groups is 1. The van der Waals surface area contributed by atoms with Crippen LogP contribution < -0.4 is 4.90 Å². The standard InChI is InChI=1S/C13H23NO3/c1-10(15)13(16)17-9-11-5-4-8-14-7-3-2-6-12(11)14/h10-12,15H,2-9H2,1H3/p+1/t10-,11+,12-/m0/s1. The minimum absolute atomic E-state index is 0.479. The van der Waals surface area contributed by atoms with E-state index < -0.39 is 12.1 Å². The quantitative estimate of drug-likeness (QED) is 0.672. The lowest BCUT2D eigenvalue weighted by Crippen LogP contribution is -3.18. The normalized spacial score (nSPS) is 34.8. The Balaban J connectivity index is 1.84. The first kappa shape index (κ1) is 12.8. The molecule has 0 aromatic rings. The first-order chi connectivity index (χ1) is 8.18. The summed E-state index contributed by atoms with van der Waals surface area (Å²) in [5.74, 6) is 0.0229. The highest BCUT2D eigenvalue weighted by Gasteiger charge is 2.37. The van der Waals surface area contributed by atoms with E-state index in [4.69, 9.17) is 9.84 Å². The van der Waals surface area contributed by atoms with Gasteiger partial charge in [-0.3, -0.25) is 0 Å². The van der Waals surface area contributed by atoms with Crippen LogP contribution in [0, 0.1) is 5.92 Å². The number of quaternary nitrogens is 1. The number of nitrogens with one attached hydrogen (secondary N) is 1. The van der Waals surface area contributed by atoms with E-state index >= 15 is 0 Å². The fourth-order valence-electron chi connectivity index (χ4n) is 3.29. The van der Waals surface area contributed by atoms with Crippen molar-refractivity contribution in [3.8, 4) is 0 Å². The maximum Gasteiger partial charge on any atom is 0.334 e. The molecule has 2 heterocycles. The number of ether oxygens (including phenoxy) is 1. The Morgan fingerprint density at radius 1 is 1.35 bits per heavy atom. The minimum Gasteiger partial charge on any atom is -0.463 e. The number of rotatable bonds is 3. The molecule has 0 bridgehead atoms. The number of esters is 1. The Labute approximate surface area is 103 Å². The van der Waals surface area contributed by atoms with Crippen LogP contribution in [-0.2, 0) is 9.53 Å². The molecule has 0 amide bonds. The van der Waals surface area contributed by atoms with Gasteiger partial charge in [0, 0.05) is 5.92 Å². The van der Waals surface area contributed by atoms with Gasteiger partial charge in [-0.2, -0.15) is 0 Å². The van der Waals surface area contributed by atoms with Crippen molar-refractivity contribution in [2.45, 2.75) is 51.2 Å². The molecule has 2 saturated heterocycles. The summed E-state index contributed by atoms with van der Waals surface area (Å²) in [6, 6.07) is 0.680. The van der Waals surface area contributed by atoms with Gasteiger partial charge in [0.15, 0.2) is 0 Å². The van der Waals surface area contributed by atoms with Crippen LogP contribution in [0.4, 0.5) is 0 Å². The number of piperidine rings is 2. The summed E-state index contributed by atoms with van der Waals surface area (Å²) in [5.41, 5.74) is 0. The van der Waals surface area contributed by atoms with Crippen LogP contribution in [0.25, 0.3) is 0 Å². The van der Waals surface area contributed by atoms with Crippen LogP contribution in [0.15, 0.2) is 0 Å². The predicted octanol–water partition coefficient (Wildman–Crippen LogP) is -0.242. The molecule has 0 aliphatic carbocycles. The number of aliphatic hydroxyl groups excluding tert-OH is 1. The molecule has 0 spiro atoms. The predicted molar refractivity (Wildman–Crippen MR) is 63.7 cm³/mol. The second kappa shape index (κ2) is 5.83. The van der Waals surface area contributed by atoms with Gasteiger partial charge in [0.25, 0.3) is 0 Å². The van der Waals surface area contributed by atoms with Crippen LogP contribution >= 0.6 is 0 Å². The van der Waals surface area contributed by atoms with Gasteiger partial charge in [0.05, 0.1) is 25.7 Å². The van der Waals surface area contributed by atoms with Crippen LogP contribution in [0.5, 0.6) is 0 Å². The topological polar surface area (TPSA) is 51.0 Å². The Kier molecular flexibility index (Phi) is 4.40. The Morgan fingerprint density at radius 2 is 2.12 bits per heavy atom. The van der Waals surface area contributed by atoms with E-state index in [2.05, 4.69) is 0 Å². The molecule has 2 fully saturated rings. The molecule has 0 saturated carbocycles. The van der Waals surface area contributed by atoms with Crippen molar-refractivity contribution in [3.05, 3.63) is 0 Å². The molecule has 2 aliphatic heterocycles. The highest BCUT2D eigenvalue weighted by atomic mass is 16.5. The molecule has 2 aliphatic rings. The van der Waals surface area contributed by atoms with Crippen molar-refractivity contribution in [3.63, 3.8) is 0 Å². The van der Waals surface area contributed by atoms with E-state index in [1.165, 1.54) is 52.1 Å². The fraction of sp³-hybridized carbons (Fsp3) is 0.923. The monoisotopic (exact) mass is 242 g/mol. The van der Waals surface area contributed by atoms with Gasteiger partial charge in [-0.25, -0.2) is 4.79 Å². The summed E-state index contributed by atoms with van der Waals surface area (Å²) < 4.78 is 5.19. The van der Waals surface area contributed by atoms with E-state index in [1.54, 1.807) is 4.90 Å². The summed E-state index contributed by atoms with van der Waals surface area (Å²) in [5, 5.41) is 9.10. The van der Waals surface area contributed by atoms with Crippen molar-refractivity contribution < 1.29 is 19.5 Å². The lowest BCUT2D eigenvalue weighted by molar-refractivity contribution is -0.940. The molecular formula is C13H24NO3+. The maximum absolute atomic E-state index is 11.3. The maximum atomic E-state index is 11.3. The van der Waals surface area contributed by atoms with E-state index in [-0.39, 0.29) is 0 Å². The third-order valence-corrected chi connectivity index (χ3v) is 4.21. The second-order valence-electron chi connectivity index (χ2n) is 5.47. The van der Waals surface area contributed by atoms with Crippen molar-refractivity contribution in [2.24, 2.45) is 5.92 Å². The van der Waals surface area contributed by atoms with E-state index in [1.807, 2.05) is 0 Å². The minimum atomic E-state index is -0.992. The van der Waals surface area contributed by atoms with Crippen molar-refractivity contribution in [1.82, 2.24) is 0 Å². The number of fused-ring (bicyclic) bond motifs is 1. The van der Waals surface area contributed by atoms with Crippen LogP contribution in [-0.4, -0.2) is 42.9 Å². The summed E-state index contributed by atoms with van der Waals surface area (Å²) in [6.07, 6.45) is 5.34. The highest BCUT2D eigenvalue weighted by Crippen LogP contribution is 2.20. The smallest absolute Gasteiger partial charge is 0.334 e. The van der Waals surface area contributed by atoms with Crippen LogP contribution in [0.2, 0.25) is 0 Å². The zero-order valence-electron chi connectivity index (χ0n) is 10.7. The SMILES string of the molecule is C[C@H](O)C(=O)OC[C@H]1CCC[NH+]2CCCC[C@@H]12. The van der Waals surface area contributed by atoms with Gasteiger partial charge >= 0.3 is 5.97 Å². The molecule has 1 unspecified atom stereocenters. The van der Waals surface area contributed by atoms with Gasteiger partial charge in [-0.15, -0.1) is 0 Å². The molecule has 98 valence electrons. The molecule has 0 radical (unpaired) electrons. The van der Waals surface area contributed by atoms with Gasteiger partial charge in [0.2, 0.25) is 0 Å². The first-order valence-electron chi connectivity index (χ1n) is 6.88. The molecule has 2 N–H and O–H groups in total. The molecule has 4 atom stereocenters. The van der Waals surface area contributed by atoms with Crippen LogP contribution in [0.1, 0.15) is 39.0 Å². The zero-order valence-corrected chi connectivity index (χ0v) is 10.7. The zero-order chi connectivity index (χ0) is 12.3. The van der Waals surface area contributed by atoms with Gasteiger partial charge in [-0.1, -0.05) is 0 Å². The summed E-state index contributed by atoms with van der Waals surface area (Å²) in [4.78, 5) is 13.0. The van der Waals surface area contributed by atoms with Gasteiger partial charge in [-0.05, 0) is 39.0 Å². The second-order valence-corrected chi connectivity index (χ2v) is 5.47. The molecule has 4 nitrogen and oxygen atoms in total. The third-order valence-electron chi connectivity index (χ3n) is 4.21. The number of aliphatic hydroxyl groups is 1. The fourth-order valence-corrected chi connectivity index (χ4v) is 3.29. The average molecular weight is 242 g/mol. The van der Waals surface area contributed by atoms with Crippen molar-refractivity contribution >= 4 is 5.97 Å². The molecular weight excluding hydrogens is 218 g/mol. The number of hydrogen-bond acceptors (Lipinski definition) is 3. The van der Waals surface area contributed by atoms with Crippen molar-refractivity contribution in [1.29, 1.82) is 0 Å². The number of hydrogen-bond donors (Lipinski definition) is 2. The highest BCUT2D eigenvalue weighted by molar-refractivity contribution is 5.73. The lowest BCUT2D eigenvalue weighted by Gasteiger charge is -2.41. The molecule has 17 heavy (non-hydrogen) atoms. The van der Waals surface area contributed by atoms with Crippen molar-refractivity contribution in [2.75, 3.05) is 19.7 Å². The average Bonchev–Trinajstić information content (AvgIpc) is 2.35. The summed E-state index contributed by atoms with van der Waals surface area (Å²) >= 11 is 0. The number of carbonyl (C=O) groups excluding carboxylic acids is 1.